The predicted octanol–water partition coefficient (Wildman–Crippen LogP) is 2.31. The van der Waals surface area contributed by atoms with Crippen LogP contribution in [0.3, 0.4) is 0 Å². The first-order valence-corrected chi connectivity index (χ1v) is 15.0. The van der Waals surface area contributed by atoms with E-state index in [-0.39, 0.29) is 4.41 Å². The van der Waals surface area contributed by atoms with E-state index in [0.717, 1.165) is 0 Å². The van der Waals surface area contributed by atoms with Crippen LogP contribution in [0.5, 0.6) is 0 Å². The monoisotopic (exact) mass is 417 g/mol. The van der Waals surface area contributed by atoms with Crippen LogP contribution in [0.1, 0.15) is 27.2 Å². The molecule has 0 saturated heterocycles. The summed E-state index contributed by atoms with van der Waals surface area (Å²) in [6.07, 6.45) is 3.39. The topological polar surface area (TPSA) is 36.1 Å². The summed E-state index contributed by atoms with van der Waals surface area (Å²) in [5.74, 6) is 0. The van der Waals surface area contributed by atoms with Gasteiger partial charge in [0.25, 0.3) is 0 Å². The molecule has 0 amide bonds. The van der Waals surface area contributed by atoms with Crippen LogP contribution in [0, 0.1) is 0 Å². The Labute approximate surface area is 122 Å². The van der Waals surface area contributed by atoms with Crippen molar-refractivity contribution in [2.75, 3.05) is 19.6 Å². The first kappa shape index (κ1) is 17.6. The van der Waals surface area contributed by atoms with E-state index in [0.29, 0.717) is 29.3 Å². The SMILES string of the molecule is CC[NH][Zr]([NH]CC)([NH]CC)[C]1=[C]([Ge]([F])([F])[F])C=CC1. The quantitative estimate of drug-likeness (QED) is 0.531. The van der Waals surface area contributed by atoms with Gasteiger partial charge in [-0.3, -0.25) is 0 Å². The molecule has 0 bridgehead atoms. The van der Waals surface area contributed by atoms with Crippen molar-refractivity contribution >= 4 is 14.7 Å². The van der Waals surface area contributed by atoms with Crippen molar-refractivity contribution in [3.63, 3.8) is 0 Å². The maximum atomic E-state index is 13.3. The van der Waals surface area contributed by atoms with Crippen molar-refractivity contribution in [1.29, 1.82) is 0 Å². The van der Waals surface area contributed by atoms with Crippen LogP contribution in [0.4, 0.5) is 10.5 Å². The molecule has 0 aromatic carbocycles. The van der Waals surface area contributed by atoms with Crippen molar-refractivity contribution in [2.24, 2.45) is 0 Å². The minimum absolute atomic E-state index is 0.279. The molecular weight excluding hydrogens is 395 g/mol. The fourth-order valence-corrected chi connectivity index (χ4v) is 16.8. The van der Waals surface area contributed by atoms with Crippen LogP contribution in [0.25, 0.3) is 0 Å². The molecule has 0 aromatic rings. The van der Waals surface area contributed by atoms with Crippen molar-refractivity contribution in [1.82, 2.24) is 9.78 Å². The molecule has 0 heterocycles. The van der Waals surface area contributed by atoms with Crippen LogP contribution in [0.15, 0.2) is 19.8 Å². The van der Waals surface area contributed by atoms with Gasteiger partial charge >= 0.3 is 123 Å². The zero-order chi connectivity index (χ0) is 14.5. The zero-order valence-corrected chi connectivity index (χ0v) is 16.2. The van der Waals surface area contributed by atoms with Gasteiger partial charge in [0, 0.05) is 0 Å². The Kier molecular flexibility index (Phi) is 7.00. The van der Waals surface area contributed by atoms with Gasteiger partial charge in [-0.05, 0) is 0 Å². The molecule has 3 nitrogen and oxygen atoms in total. The summed E-state index contributed by atoms with van der Waals surface area (Å²) in [5.41, 5.74) is 0. The average molecular weight is 417 g/mol. The molecule has 0 aromatic heterocycles. The molecule has 0 fully saturated rings. The van der Waals surface area contributed by atoms with Gasteiger partial charge in [-0.15, -0.1) is 0 Å². The number of nitrogens with one attached hydrogen (secondary N) is 3. The summed E-state index contributed by atoms with van der Waals surface area (Å²) in [7, 11) is 0. The summed E-state index contributed by atoms with van der Waals surface area (Å²) in [4.78, 5) is 0. The Bertz CT molecular complexity index is 352. The van der Waals surface area contributed by atoms with E-state index in [9.17, 15) is 10.5 Å². The van der Waals surface area contributed by atoms with Crippen molar-refractivity contribution < 1.29 is 31.6 Å². The second kappa shape index (κ2) is 7.55. The van der Waals surface area contributed by atoms with Gasteiger partial charge in [-0.25, -0.2) is 0 Å². The number of hydrogen-bond acceptors (Lipinski definition) is 3. The fourth-order valence-electron chi connectivity index (χ4n) is 2.43. The second-order valence-corrected chi connectivity index (χ2v) is 15.3. The molecule has 0 aliphatic heterocycles. The molecule has 0 atom stereocenters. The van der Waals surface area contributed by atoms with Crippen LogP contribution >= 0.6 is 0 Å². The van der Waals surface area contributed by atoms with Gasteiger partial charge in [0.2, 0.25) is 0 Å². The molecule has 0 saturated carbocycles. The molecule has 0 spiro atoms. The Hall–Kier alpha value is 0.576. The zero-order valence-electron chi connectivity index (χ0n) is 11.6. The molecule has 3 N–H and O–H groups in total. The summed E-state index contributed by atoms with van der Waals surface area (Å²) < 4.78 is 50.3. The van der Waals surface area contributed by atoms with E-state index in [1.165, 1.54) is 6.08 Å². The van der Waals surface area contributed by atoms with Crippen molar-refractivity contribution in [2.45, 2.75) is 27.2 Å². The summed E-state index contributed by atoms with van der Waals surface area (Å²) in [5, 5.41) is 0. The van der Waals surface area contributed by atoms with Crippen molar-refractivity contribution in [3.05, 3.63) is 19.8 Å². The first-order chi connectivity index (χ1) is 8.91. The molecule has 1 aliphatic rings. The third-order valence-electron chi connectivity index (χ3n) is 3.02. The van der Waals surface area contributed by atoms with Crippen LogP contribution in [-0.4, -0.2) is 34.3 Å². The number of allylic oxidation sites excluding steroid dienone is 4. The Morgan fingerprint density at radius 1 is 1.05 bits per heavy atom. The third-order valence-corrected chi connectivity index (χ3v) is 16.5. The number of halogens is 3. The van der Waals surface area contributed by atoms with E-state index in [1.54, 1.807) is 6.08 Å². The van der Waals surface area contributed by atoms with E-state index in [2.05, 4.69) is 9.78 Å². The summed E-state index contributed by atoms with van der Waals surface area (Å²) in [6, 6.07) is 0. The Morgan fingerprint density at radius 2 is 1.53 bits per heavy atom. The molecule has 1 rings (SSSR count). The maximum absolute atomic E-state index is 13.3. The van der Waals surface area contributed by atoms with Crippen molar-refractivity contribution in [3.8, 4) is 0 Å². The normalized spacial score (nSPS) is 16.5. The van der Waals surface area contributed by atoms with Gasteiger partial charge in [0.05, 0.1) is 0 Å². The molecular formula is C11H22F3GeN3Zr. The van der Waals surface area contributed by atoms with E-state index in [4.69, 9.17) is 0 Å². The average Bonchev–Trinajstić information content (AvgIpc) is 2.78. The first-order valence-electron chi connectivity index (χ1n) is 6.63. The van der Waals surface area contributed by atoms with E-state index >= 15 is 0 Å². The number of rotatable bonds is 8. The van der Waals surface area contributed by atoms with Crippen LogP contribution in [0.2, 0.25) is 0 Å². The van der Waals surface area contributed by atoms with E-state index < -0.39 is 35.8 Å². The fraction of sp³-hybridized carbons (Fsp3) is 0.636. The Balaban J connectivity index is 3.22. The standard InChI is InChI=1S/C5H4F3Ge.3C2H6N.Zr/c6-9(7,8)5-3-1-2-4-5;3*1-2-3;/h1,3H,2H2;3*3H,2H2,1H3;/q;3*-1;+3. The molecule has 0 radical (unpaired) electrons. The summed E-state index contributed by atoms with van der Waals surface area (Å²) in [6.45, 7) is 7.86. The molecule has 110 valence electrons. The molecule has 8 heteroatoms. The number of hydrogen-bond donors (Lipinski definition) is 3. The molecule has 0 unspecified atom stereocenters. The van der Waals surface area contributed by atoms with Gasteiger partial charge < -0.3 is 0 Å². The molecule has 1 aliphatic carbocycles. The summed E-state index contributed by atoms with van der Waals surface area (Å²) >= 11 is -9.79. The van der Waals surface area contributed by atoms with E-state index in [1.807, 2.05) is 20.8 Å². The van der Waals surface area contributed by atoms with Gasteiger partial charge in [-0.1, -0.05) is 0 Å². The predicted molar refractivity (Wildman–Crippen MR) is 70.9 cm³/mol. The third kappa shape index (κ3) is 4.27. The van der Waals surface area contributed by atoms with Gasteiger partial charge in [0.1, 0.15) is 0 Å². The second-order valence-electron chi connectivity index (χ2n) is 4.34. The van der Waals surface area contributed by atoms with Gasteiger partial charge in [-0.2, -0.15) is 0 Å². The van der Waals surface area contributed by atoms with Crippen LogP contribution < -0.4 is 9.78 Å². The molecule has 19 heavy (non-hydrogen) atoms. The van der Waals surface area contributed by atoms with Gasteiger partial charge in [0.15, 0.2) is 0 Å². The minimum atomic E-state index is -6.28. The van der Waals surface area contributed by atoms with Crippen LogP contribution in [-0.2, 0) is 21.1 Å². The Morgan fingerprint density at radius 3 is 1.89 bits per heavy atom.